The molecule has 2 amide bonds. The Morgan fingerprint density at radius 2 is 2.03 bits per heavy atom. The number of aromatic hydroxyl groups is 1. The molecule has 4 rings (SSSR count). The average molecular weight is 546 g/mol. The molecule has 2 aromatic heterocycles. The Kier molecular flexibility index (Phi) is 7.08. The second-order valence-electron chi connectivity index (χ2n) is 7.10. The van der Waals surface area contributed by atoms with Gasteiger partial charge in [0.25, 0.3) is 11.1 Å². The molecule has 1 aliphatic heterocycles. The van der Waals surface area contributed by atoms with Crippen LogP contribution in [-0.4, -0.2) is 43.2 Å². The number of hydrogen-bond donors (Lipinski definition) is 2. The van der Waals surface area contributed by atoms with Crippen LogP contribution in [0, 0.1) is 5.82 Å². The van der Waals surface area contributed by atoms with E-state index in [2.05, 4.69) is 36.2 Å². The largest absolute Gasteiger partial charge is 0.502 e. The Balaban J connectivity index is 1.45. The van der Waals surface area contributed by atoms with Crippen molar-refractivity contribution in [3.63, 3.8) is 0 Å². The Morgan fingerprint density at radius 1 is 1.26 bits per heavy atom. The van der Waals surface area contributed by atoms with Gasteiger partial charge in [-0.2, -0.15) is 0 Å². The van der Waals surface area contributed by atoms with Crippen LogP contribution >= 0.6 is 27.7 Å². The Morgan fingerprint density at radius 3 is 2.68 bits per heavy atom. The molecule has 1 aliphatic rings. The average Bonchev–Trinajstić information content (AvgIpc) is 3.10. The summed E-state index contributed by atoms with van der Waals surface area (Å²) in [4.78, 5) is 37.4. The Bertz CT molecular complexity index is 1270. The van der Waals surface area contributed by atoms with E-state index in [0.29, 0.717) is 18.1 Å². The molecule has 3 heterocycles. The third-order valence-corrected chi connectivity index (χ3v) is 6.49. The first-order valence-electron chi connectivity index (χ1n) is 9.82. The summed E-state index contributed by atoms with van der Waals surface area (Å²) in [6.07, 6.45) is 7.88. The molecule has 34 heavy (non-hydrogen) atoms. The van der Waals surface area contributed by atoms with Gasteiger partial charge in [0.2, 0.25) is 5.95 Å². The van der Waals surface area contributed by atoms with Crippen molar-refractivity contribution in [2.45, 2.75) is 13.2 Å². The highest BCUT2D eigenvalue weighted by Crippen LogP contribution is 2.40. The number of hydrogen-bond acceptors (Lipinski definition) is 9. The summed E-state index contributed by atoms with van der Waals surface area (Å²) >= 11 is 3.81. The molecule has 2 N–H and O–H groups in total. The third-order valence-electron chi connectivity index (χ3n) is 4.72. The van der Waals surface area contributed by atoms with E-state index >= 15 is 0 Å². The van der Waals surface area contributed by atoms with E-state index in [0.717, 1.165) is 22.2 Å². The summed E-state index contributed by atoms with van der Waals surface area (Å²) in [5.74, 6) is -1.86. The number of halogens is 2. The van der Waals surface area contributed by atoms with Gasteiger partial charge in [-0.25, -0.2) is 14.4 Å². The van der Waals surface area contributed by atoms with E-state index in [1.807, 2.05) is 12.1 Å². The monoisotopic (exact) mass is 545 g/mol. The van der Waals surface area contributed by atoms with Gasteiger partial charge in [-0.15, -0.1) is 0 Å². The molecule has 0 radical (unpaired) electrons. The van der Waals surface area contributed by atoms with Crippen LogP contribution in [0.1, 0.15) is 16.7 Å². The van der Waals surface area contributed by atoms with Crippen molar-refractivity contribution in [3.8, 4) is 11.5 Å². The van der Waals surface area contributed by atoms with E-state index in [9.17, 15) is 19.1 Å². The molecule has 3 aromatic rings. The van der Waals surface area contributed by atoms with Gasteiger partial charge < -0.3 is 15.2 Å². The number of anilines is 1. The normalized spacial score (nSPS) is 14.7. The van der Waals surface area contributed by atoms with Crippen molar-refractivity contribution in [1.29, 1.82) is 0 Å². The molecule has 1 aromatic carbocycles. The van der Waals surface area contributed by atoms with Crippen molar-refractivity contribution >= 4 is 50.9 Å². The zero-order valence-electron chi connectivity index (χ0n) is 17.7. The highest BCUT2D eigenvalue weighted by atomic mass is 79.9. The number of likely N-dealkylation sites (N-methyl/N-ethyl adjacent to an activating group) is 1. The number of nitrogens with zero attached hydrogens (tertiary/aromatic N) is 4. The van der Waals surface area contributed by atoms with E-state index in [4.69, 9.17) is 4.74 Å². The summed E-state index contributed by atoms with van der Waals surface area (Å²) in [7, 11) is 1.36. The number of phenols is 1. The first-order valence-corrected chi connectivity index (χ1v) is 11.4. The predicted molar refractivity (Wildman–Crippen MR) is 127 cm³/mol. The molecular formula is C22H17BrFN5O4S. The van der Waals surface area contributed by atoms with Crippen molar-refractivity contribution in [2.75, 3.05) is 12.4 Å². The second kappa shape index (κ2) is 10.2. The standard InChI is InChI=1S/C22H17BrFN5O4S/c1-29-20(31)16(34-22(29)32)6-14-5-15(19(30)18(24)17(14)23)33-11-13-9-27-21(28-10-13)26-8-12-3-2-4-25-7-12/h2-7,9-10,30H,8,11H2,1H3,(H,26,27,28)/b16-6-. The molecular weight excluding hydrogens is 529 g/mol. The van der Waals surface area contributed by atoms with Gasteiger partial charge in [0.1, 0.15) is 6.61 Å². The molecule has 0 aliphatic carbocycles. The molecule has 1 saturated heterocycles. The van der Waals surface area contributed by atoms with Crippen LogP contribution < -0.4 is 10.1 Å². The Hall–Kier alpha value is -3.51. The number of carbonyl (C=O) groups is 2. The number of imide groups is 1. The van der Waals surface area contributed by atoms with Crippen LogP contribution in [0.15, 0.2) is 52.4 Å². The maximum absolute atomic E-state index is 14.6. The summed E-state index contributed by atoms with van der Waals surface area (Å²) in [5, 5.41) is 12.8. The number of thioether (sulfide) groups is 1. The Labute approximate surface area is 206 Å². The fourth-order valence-corrected chi connectivity index (χ4v) is 4.11. The van der Waals surface area contributed by atoms with E-state index in [1.165, 1.54) is 19.2 Å². The van der Waals surface area contributed by atoms with E-state index in [1.54, 1.807) is 24.8 Å². The van der Waals surface area contributed by atoms with Crippen LogP contribution in [0.3, 0.4) is 0 Å². The minimum Gasteiger partial charge on any atom is -0.502 e. The van der Waals surface area contributed by atoms with Gasteiger partial charge in [0, 0.05) is 43.9 Å². The van der Waals surface area contributed by atoms with Gasteiger partial charge >= 0.3 is 0 Å². The number of rotatable bonds is 7. The minimum atomic E-state index is -0.953. The van der Waals surface area contributed by atoms with E-state index < -0.39 is 22.7 Å². The fourth-order valence-electron chi connectivity index (χ4n) is 2.88. The quantitative estimate of drug-likeness (QED) is 0.418. The van der Waals surface area contributed by atoms with Crippen molar-refractivity contribution < 1.29 is 23.8 Å². The number of pyridine rings is 1. The van der Waals surface area contributed by atoms with Crippen LogP contribution in [0.25, 0.3) is 6.08 Å². The van der Waals surface area contributed by atoms with Crippen LogP contribution in [0.4, 0.5) is 15.1 Å². The summed E-state index contributed by atoms with van der Waals surface area (Å²) in [6.45, 7) is 0.471. The highest BCUT2D eigenvalue weighted by molar-refractivity contribution is 9.10. The molecule has 0 atom stereocenters. The summed E-state index contributed by atoms with van der Waals surface area (Å²) in [5.41, 5.74) is 1.80. The maximum atomic E-state index is 14.6. The number of aromatic nitrogens is 3. The van der Waals surface area contributed by atoms with Crippen molar-refractivity contribution in [3.05, 3.63) is 74.9 Å². The van der Waals surface area contributed by atoms with Gasteiger partial charge in [-0.1, -0.05) is 6.07 Å². The lowest BCUT2D eigenvalue weighted by molar-refractivity contribution is -0.121. The number of amides is 2. The predicted octanol–water partition coefficient (Wildman–Crippen LogP) is 4.34. The molecule has 0 spiro atoms. The van der Waals surface area contributed by atoms with Gasteiger partial charge in [0.15, 0.2) is 17.3 Å². The third kappa shape index (κ3) is 5.18. The van der Waals surface area contributed by atoms with Crippen molar-refractivity contribution in [2.24, 2.45) is 0 Å². The molecule has 0 bridgehead atoms. The minimum absolute atomic E-state index is 0.0393. The smallest absolute Gasteiger partial charge is 0.293 e. The fraction of sp³-hybridized carbons (Fsp3) is 0.136. The lowest BCUT2D eigenvalue weighted by Gasteiger charge is -2.12. The second-order valence-corrected chi connectivity index (χ2v) is 8.89. The lowest BCUT2D eigenvalue weighted by Crippen LogP contribution is -2.22. The number of carbonyl (C=O) groups excluding carboxylic acids is 2. The zero-order valence-corrected chi connectivity index (χ0v) is 20.1. The molecule has 0 unspecified atom stereocenters. The molecule has 12 heteroatoms. The maximum Gasteiger partial charge on any atom is 0.293 e. The lowest BCUT2D eigenvalue weighted by atomic mass is 10.1. The number of phenolic OH excluding ortho intramolecular Hbond substituents is 1. The highest BCUT2D eigenvalue weighted by Gasteiger charge is 2.32. The summed E-state index contributed by atoms with van der Waals surface area (Å²) < 4.78 is 20.1. The SMILES string of the molecule is CN1C(=O)S/C(=C\c2cc(OCc3cnc(NCc4cccnc4)nc3)c(O)c(F)c2Br)C1=O. The topological polar surface area (TPSA) is 118 Å². The molecule has 9 nitrogen and oxygen atoms in total. The van der Waals surface area contributed by atoms with Gasteiger partial charge in [-0.05, 0) is 57.0 Å². The number of ether oxygens (including phenoxy) is 1. The van der Waals surface area contributed by atoms with Gasteiger partial charge in [0.05, 0.1) is 9.38 Å². The zero-order chi connectivity index (χ0) is 24.2. The molecule has 0 saturated carbocycles. The van der Waals surface area contributed by atoms with Crippen LogP contribution in [0.5, 0.6) is 11.5 Å². The number of nitrogens with one attached hydrogen (secondary N) is 1. The van der Waals surface area contributed by atoms with E-state index in [-0.39, 0.29) is 27.3 Å². The first kappa shape index (κ1) is 23.6. The summed E-state index contributed by atoms with van der Waals surface area (Å²) in [6, 6.07) is 5.13. The van der Waals surface area contributed by atoms with Crippen molar-refractivity contribution in [1.82, 2.24) is 19.9 Å². The van der Waals surface area contributed by atoms with Crippen LogP contribution in [0.2, 0.25) is 0 Å². The molecule has 174 valence electrons. The molecule has 1 fully saturated rings. The number of benzene rings is 1. The first-order chi connectivity index (χ1) is 16.3. The van der Waals surface area contributed by atoms with Crippen LogP contribution in [-0.2, 0) is 17.9 Å². The van der Waals surface area contributed by atoms with Gasteiger partial charge in [-0.3, -0.25) is 19.5 Å².